The summed E-state index contributed by atoms with van der Waals surface area (Å²) in [5.74, 6) is 2.32. The first kappa shape index (κ1) is 13.3. The van der Waals surface area contributed by atoms with Crippen molar-refractivity contribution >= 4 is 34.2 Å². The Hall–Kier alpha value is -1.68. The van der Waals surface area contributed by atoms with Gasteiger partial charge >= 0.3 is 5.97 Å². The molecule has 1 heterocycles. The molecule has 0 aliphatic carbocycles. The molecule has 3 rings (SSSR count). The predicted molar refractivity (Wildman–Crippen MR) is 84.8 cm³/mol. The SMILES string of the molecule is O=C(O)c1ccc(NCC2CCSC2)c2ccccc12. The molecule has 1 aliphatic heterocycles. The van der Waals surface area contributed by atoms with Crippen molar-refractivity contribution in [3.05, 3.63) is 42.0 Å². The first-order valence-electron chi connectivity index (χ1n) is 6.82. The van der Waals surface area contributed by atoms with Gasteiger partial charge in [-0.05, 0) is 41.4 Å². The van der Waals surface area contributed by atoms with Crippen LogP contribution in [0.3, 0.4) is 0 Å². The van der Waals surface area contributed by atoms with Crippen molar-refractivity contribution in [3.8, 4) is 0 Å². The fourth-order valence-electron chi connectivity index (χ4n) is 2.64. The smallest absolute Gasteiger partial charge is 0.336 e. The van der Waals surface area contributed by atoms with Gasteiger partial charge in [0.2, 0.25) is 0 Å². The zero-order valence-electron chi connectivity index (χ0n) is 11.1. The summed E-state index contributed by atoms with van der Waals surface area (Å²) < 4.78 is 0. The molecule has 2 N–H and O–H groups in total. The maximum Gasteiger partial charge on any atom is 0.336 e. The fourth-order valence-corrected chi connectivity index (χ4v) is 3.92. The van der Waals surface area contributed by atoms with Crippen LogP contribution in [0.4, 0.5) is 5.69 Å². The van der Waals surface area contributed by atoms with Crippen molar-refractivity contribution in [1.29, 1.82) is 0 Å². The van der Waals surface area contributed by atoms with Gasteiger partial charge in [-0.2, -0.15) is 11.8 Å². The Kier molecular flexibility index (Phi) is 3.83. The average molecular weight is 287 g/mol. The van der Waals surface area contributed by atoms with Crippen LogP contribution in [0.2, 0.25) is 0 Å². The number of rotatable bonds is 4. The number of hydrogen-bond donors (Lipinski definition) is 2. The topological polar surface area (TPSA) is 49.3 Å². The number of benzene rings is 2. The summed E-state index contributed by atoms with van der Waals surface area (Å²) in [6.07, 6.45) is 1.27. The van der Waals surface area contributed by atoms with Crippen LogP contribution < -0.4 is 5.32 Å². The number of carboxylic acid groups (broad SMARTS) is 1. The molecule has 1 fully saturated rings. The summed E-state index contributed by atoms with van der Waals surface area (Å²) in [5, 5.41) is 14.5. The molecule has 2 aromatic carbocycles. The third kappa shape index (κ3) is 2.61. The number of nitrogens with one attached hydrogen (secondary N) is 1. The molecule has 2 aromatic rings. The number of carbonyl (C=O) groups is 1. The molecule has 104 valence electrons. The van der Waals surface area contributed by atoms with Crippen LogP contribution >= 0.6 is 11.8 Å². The van der Waals surface area contributed by atoms with Gasteiger partial charge in [0.25, 0.3) is 0 Å². The number of aromatic carboxylic acids is 1. The highest BCUT2D eigenvalue weighted by Gasteiger charge is 2.16. The van der Waals surface area contributed by atoms with Gasteiger partial charge in [0.1, 0.15) is 0 Å². The highest BCUT2D eigenvalue weighted by atomic mass is 32.2. The number of hydrogen-bond acceptors (Lipinski definition) is 3. The van der Waals surface area contributed by atoms with Gasteiger partial charge in [-0.3, -0.25) is 0 Å². The van der Waals surface area contributed by atoms with Gasteiger partial charge in [0.15, 0.2) is 0 Å². The van der Waals surface area contributed by atoms with E-state index in [0.717, 1.165) is 28.9 Å². The standard InChI is InChI=1S/C16H17NO2S/c18-16(19)14-5-6-15(13-4-2-1-3-12(13)14)17-9-11-7-8-20-10-11/h1-6,11,17H,7-10H2,(H,18,19). The number of anilines is 1. The Morgan fingerprint density at radius 3 is 2.75 bits per heavy atom. The third-order valence-corrected chi connectivity index (χ3v) is 4.99. The first-order valence-corrected chi connectivity index (χ1v) is 7.98. The van der Waals surface area contributed by atoms with E-state index in [1.165, 1.54) is 17.9 Å². The Bertz CT molecular complexity index is 635. The van der Waals surface area contributed by atoms with Crippen LogP contribution in [-0.2, 0) is 0 Å². The molecule has 1 atom stereocenters. The normalized spacial score (nSPS) is 18.3. The van der Waals surface area contributed by atoms with Crippen LogP contribution in [-0.4, -0.2) is 29.1 Å². The van der Waals surface area contributed by atoms with Crippen molar-refractivity contribution in [2.45, 2.75) is 6.42 Å². The van der Waals surface area contributed by atoms with Gasteiger partial charge in [-0.25, -0.2) is 4.79 Å². The molecule has 1 aliphatic rings. The molecule has 1 saturated heterocycles. The molecule has 20 heavy (non-hydrogen) atoms. The first-order chi connectivity index (χ1) is 9.75. The van der Waals surface area contributed by atoms with Gasteiger partial charge in [0.05, 0.1) is 5.56 Å². The van der Waals surface area contributed by atoms with Gasteiger partial charge < -0.3 is 10.4 Å². The molecule has 0 spiro atoms. The van der Waals surface area contributed by atoms with Crippen molar-refractivity contribution in [1.82, 2.24) is 0 Å². The molecule has 1 unspecified atom stereocenters. The van der Waals surface area contributed by atoms with Gasteiger partial charge in [0, 0.05) is 17.6 Å². The van der Waals surface area contributed by atoms with Crippen molar-refractivity contribution in [2.24, 2.45) is 5.92 Å². The molecule has 0 bridgehead atoms. The van der Waals surface area contributed by atoms with Crippen LogP contribution in [0.5, 0.6) is 0 Å². The Labute approximate surface area is 122 Å². The lowest BCUT2D eigenvalue weighted by molar-refractivity contribution is 0.0699. The Morgan fingerprint density at radius 1 is 1.25 bits per heavy atom. The highest BCUT2D eigenvalue weighted by Crippen LogP contribution is 2.28. The summed E-state index contributed by atoms with van der Waals surface area (Å²) >= 11 is 2.01. The van der Waals surface area contributed by atoms with E-state index in [4.69, 9.17) is 0 Å². The third-order valence-electron chi connectivity index (χ3n) is 3.76. The fraction of sp³-hybridized carbons (Fsp3) is 0.312. The maximum atomic E-state index is 11.3. The van der Waals surface area contributed by atoms with Crippen LogP contribution in [0.15, 0.2) is 36.4 Å². The largest absolute Gasteiger partial charge is 0.478 e. The van der Waals surface area contributed by atoms with E-state index in [1.54, 1.807) is 6.07 Å². The lowest BCUT2D eigenvalue weighted by atomic mass is 10.0. The molecule has 0 radical (unpaired) electrons. The lowest BCUT2D eigenvalue weighted by Gasteiger charge is -2.14. The predicted octanol–water partition coefficient (Wildman–Crippen LogP) is 3.70. The second-order valence-electron chi connectivity index (χ2n) is 5.12. The second-order valence-corrected chi connectivity index (χ2v) is 6.27. The van der Waals surface area contributed by atoms with E-state index in [2.05, 4.69) is 5.32 Å². The zero-order chi connectivity index (χ0) is 13.9. The summed E-state index contributed by atoms with van der Waals surface area (Å²) in [6, 6.07) is 11.3. The van der Waals surface area contributed by atoms with Crippen LogP contribution in [0, 0.1) is 5.92 Å². The zero-order valence-corrected chi connectivity index (χ0v) is 12.0. The lowest BCUT2D eigenvalue weighted by Crippen LogP contribution is -2.13. The van der Waals surface area contributed by atoms with E-state index in [1.807, 2.05) is 42.1 Å². The van der Waals surface area contributed by atoms with Gasteiger partial charge in [-0.15, -0.1) is 0 Å². The monoisotopic (exact) mass is 287 g/mol. The summed E-state index contributed by atoms with van der Waals surface area (Å²) in [7, 11) is 0. The number of fused-ring (bicyclic) bond motifs is 1. The van der Waals surface area contributed by atoms with Crippen molar-refractivity contribution < 1.29 is 9.90 Å². The van der Waals surface area contributed by atoms with Gasteiger partial charge in [-0.1, -0.05) is 24.3 Å². The van der Waals surface area contributed by atoms with E-state index in [-0.39, 0.29) is 0 Å². The molecular formula is C16H17NO2S. The summed E-state index contributed by atoms with van der Waals surface area (Å²) in [5.41, 5.74) is 1.39. The summed E-state index contributed by atoms with van der Waals surface area (Å²) in [4.78, 5) is 11.3. The van der Waals surface area contributed by atoms with E-state index < -0.39 is 5.97 Å². The van der Waals surface area contributed by atoms with E-state index in [0.29, 0.717) is 5.56 Å². The minimum Gasteiger partial charge on any atom is -0.478 e. The number of carboxylic acids is 1. The Balaban J connectivity index is 1.91. The highest BCUT2D eigenvalue weighted by molar-refractivity contribution is 7.99. The molecule has 0 saturated carbocycles. The minimum absolute atomic E-state index is 0.363. The van der Waals surface area contributed by atoms with Crippen LogP contribution in [0.25, 0.3) is 10.8 Å². The van der Waals surface area contributed by atoms with Crippen molar-refractivity contribution in [3.63, 3.8) is 0 Å². The summed E-state index contributed by atoms with van der Waals surface area (Å²) in [6.45, 7) is 0.962. The quantitative estimate of drug-likeness (QED) is 0.900. The molecule has 0 aromatic heterocycles. The molecular weight excluding hydrogens is 270 g/mol. The minimum atomic E-state index is -0.875. The molecule has 3 nitrogen and oxygen atoms in total. The van der Waals surface area contributed by atoms with Crippen molar-refractivity contribution in [2.75, 3.05) is 23.4 Å². The Morgan fingerprint density at radius 2 is 2.05 bits per heavy atom. The second kappa shape index (κ2) is 5.75. The van der Waals surface area contributed by atoms with E-state index >= 15 is 0 Å². The maximum absolute atomic E-state index is 11.3. The number of thioether (sulfide) groups is 1. The average Bonchev–Trinajstić information content (AvgIpc) is 2.97. The van der Waals surface area contributed by atoms with Crippen LogP contribution in [0.1, 0.15) is 16.8 Å². The molecule has 0 amide bonds. The molecule has 4 heteroatoms. The van der Waals surface area contributed by atoms with E-state index in [9.17, 15) is 9.90 Å².